The van der Waals surface area contributed by atoms with Crippen LogP contribution in [0.5, 0.6) is 0 Å². The molecule has 11 aromatic carbocycles. The first-order valence-electron chi connectivity index (χ1n) is 26.2. The van der Waals surface area contributed by atoms with Crippen LogP contribution in [0.25, 0.3) is 139 Å². The largest absolute Gasteiger partial charge is 0.309 e. The minimum Gasteiger partial charge on any atom is -0.309 e. The lowest BCUT2D eigenvalue weighted by Gasteiger charge is -2.21. The number of nitriles is 2. The van der Waals surface area contributed by atoms with Crippen molar-refractivity contribution in [3.8, 4) is 85.6 Å². The summed E-state index contributed by atoms with van der Waals surface area (Å²) in [6.07, 6.45) is 0. The summed E-state index contributed by atoms with van der Waals surface area (Å²) in [4.78, 5) is 15.6. The molecule has 15 aromatic rings. The molecule has 0 saturated heterocycles. The van der Waals surface area contributed by atoms with Crippen LogP contribution in [0.1, 0.15) is 11.1 Å². The summed E-state index contributed by atoms with van der Waals surface area (Å²) in [7, 11) is 0. The standard InChI is InChI=1S/C71H42N8/c72-43-45-27-31-47(32-28-45)58-39-51(71-75-69(49-15-3-1-4-16-49)74-70(76-71)50-17-5-2-6-18-50)40-59(48-33-29-46(44-73)30-34-48)68(58)79-66-37-35-52(77-62-23-11-7-19-54(62)55-20-8-12-24-63(55)77)41-60(66)61-42-53(36-38-67(61)79)78-64-25-13-9-21-56(64)57-22-10-14-26-65(57)78/h1-42H. The van der Waals surface area contributed by atoms with Gasteiger partial charge in [0.15, 0.2) is 17.5 Å². The molecule has 0 spiro atoms. The molecule has 79 heavy (non-hydrogen) atoms. The van der Waals surface area contributed by atoms with Crippen LogP contribution >= 0.6 is 0 Å². The Kier molecular flexibility index (Phi) is 10.5. The number of hydrogen-bond acceptors (Lipinski definition) is 5. The van der Waals surface area contributed by atoms with Gasteiger partial charge in [0, 0.05) is 71.5 Å². The first-order chi connectivity index (χ1) is 39.1. The fourth-order valence-electron chi connectivity index (χ4n) is 11.8. The molecule has 0 atom stereocenters. The number of rotatable bonds is 8. The first-order valence-corrected chi connectivity index (χ1v) is 26.2. The molecule has 4 heterocycles. The van der Waals surface area contributed by atoms with Gasteiger partial charge in [-0.15, -0.1) is 0 Å². The van der Waals surface area contributed by atoms with Gasteiger partial charge in [-0.2, -0.15) is 10.5 Å². The molecule has 0 aliphatic carbocycles. The zero-order chi connectivity index (χ0) is 52.6. The average Bonchev–Trinajstić information content (AvgIpc) is 4.39. The Bertz CT molecular complexity index is 4600. The molecule has 15 rings (SSSR count). The topological polar surface area (TPSA) is 101 Å². The second-order valence-corrected chi connectivity index (χ2v) is 19.8. The second-order valence-electron chi connectivity index (χ2n) is 19.8. The predicted molar refractivity (Wildman–Crippen MR) is 319 cm³/mol. The maximum atomic E-state index is 10.1. The maximum absolute atomic E-state index is 10.1. The Morgan fingerprint density at radius 3 is 0.962 bits per heavy atom. The van der Waals surface area contributed by atoms with Crippen LogP contribution in [-0.4, -0.2) is 28.7 Å². The van der Waals surface area contributed by atoms with E-state index in [-0.39, 0.29) is 0 Å². The zero-order valence-corrected chi connectivity index (χ0v) is 42.3. The van der Waals surface area contributed by atoms with Gasteiger partial charge in [-0.05, 0) is 108 Å². The van der Waals surface area contributed by atoms with E-state index in [9.17, 15) is 10.5 Å². The smallest absolute Gasteiger partial charge is 0.164 e. The number of para-hydroxylation sites is 4. The number of hydrogen-bond donors (Lipinski definition) is 0. The molecule has 366 valence electrons. The molecule has 8 heteroatoms. The molecular weight excluding hydrogens is 965 g/mol. The third-order valence-electron chi connectivity index (χ3n) is 15.3. The highest BCUT2D eigenvalue weighted by Gasteiger charge is 2.25. The normalized spacial score (nSPS) is 11.5. The van der Waals surface area contributed by atoms with Gasteiger partial charge in [-0.25, -0.2) is 15.0 Å². The van der Waals surface area contributed by atoms with E-state index in [1.165, 1.54) is 21.5 Å². The SMILES string of the molecule is N#Cc1ccc(-c2cc(-c3nc(-c4ccccc4)nc(-c4ccccc4)n3)cc(-c3ccc(C#N)cc3)c2-n2c3ccc(-n4c5ccccc5c5ccccc54)cc3c3cc(-n4c5ccccc5c5ccccc54)ccc32)cc1. The van der Waals surface area contributed by atoms with Crippen molar-refractivity contribution in [2.45, 2.75) is 0 Å². The molecule has 0 saturated carbocycles. The Hall–Kier alpha value is -11.2. The van der Waals surface area contributed by atoms with E-state index in [0.29, 0.717) is 28.6 Å². The minimum atomic E-state index is 0.498. The van der Waals surface area contributed by atoms with Crippen molar-refractivity contribution >= 4 is 65.4 Å². The van der Waals surface area contributed by atoms with Crippen LogP contribution in [-0.2, 0) is 0 Å². The lowest BCUT2D eigenvalue weighted by atomic mass is 9.91. The zero-order valence-electron chi connectivity index (χ0n) is 42.3. The molecule has 0 bridgehead atoms. The number of aromatic nitrogens is 6. The molecule has 0 unspecified atom stereocenters. The summed E-state index contributed by atoms with van der Waals surface area (Å²) in [5.41, 5.74) is 16.7. The van der Waals surface area contributed by atoms with Crippen molar-refractivity contribution in [3.05, 3.63) is 266 Å². The van der Waals surface area contributed by atoms with E-state index < -0.39 is 0 Å². The highest BCUT2D eigenvalue weighted by molar-refractivity contribution is 6.15. The third kappa shape index (κ3) is 7.39. The number of fused-ring (bicyclic) bond motifs is 9. The van der Waals surface area contributed by atoms with E-state index in [1.807, 2.05) is 109 Å². The van der Waals surface area contributed by atoms with Crippen LogP contribution in [0, 0.1) is 22.7 Å². The van der Waals surface area contributed by atoms with Crippen molar-refractivity contribution < 1.29 is 0 Å². The van der Waals surface area contributed by atoms with E-state index in [0.717, 1.165) is 99.9 Å². The van der Waals surface area contributed by atoms with Crippen molar-refractivity contribution in [2.24, 2.45) is 0 Å². The fourth-order valence-corrected chi connectivity index (χ4v) is 11.8. The van der Waals surface area contributed by atoms with Crippen LogP contribution in [0.2, 0.25) is 0 Å². The number of benzene rings is 11. The highest BCUT2D eigenvalue weighted by Crippen LogP contribution is 2.46. The monoisotopic (exact) mass is 1010 g/mol. The molecule has 0 aliphatic heterocycles. The minimum absolute atomic E-state index is 0.498. The van der Waals surface area contributed by atoms with Gasteiger partial charge in [0.05, 0.1) is 62.1 Å². The summed E-state index contributed by atoms with van der Waals surface area (Å²) >= 11 is 0. The molecule has 4 aromatic heterocycles. The summed E-state index contributed by atoms with van der Waals surface area (Å²) in [5.74, 6) is 1.60. The molecule has 0 amide bonds. The van der Waals surface area contributed by atoms with Crippen molar-refractivity contribution in [2.75, 3.05) is 0 Å². The second kappa shape index (κ2) is 18.3. The predicted octanol–water partition coefficient (Wildman–Crippen LogP) is 17.2. The van der Waals surface area contributed by atoms with Crippen LogP contribution in [0.3, 0.4) is 0 Å². The van der Waals surface area contributed by atoms with E-state index in [2.05, 4.69) is 171 Å². The van der Waals surface area contributed by atoms with Crippen LogP contribution in [0.15, 0.2) is 255 Å². The van der Waals surface area contributed by atoms with Crippen LogP contribution in [0.4, 0.5) is 0 Å². The lowest BCUT2D eigenvalue weighted by molar-refractivity contribution is 1.07. The van der Waals surface area contributed by atoms with Gasteiger partial charge in [0.2, 0.25) is 0 Å². The first kappa shape index (κ1) is 45.2. The van der Waals surface area contributed by atoms with E-state index in [4.69, 9.17) is 15.0 Å². The molecule has 0 radical (unpaired) electrons. The third-order valence-corrected chi connectivity index (χ3v) is 15.3. The van der Waals surface area contributed by atoms with Crippen molar-refractivity contribution in [1.29, 1.82) is 10.5 Å². The Morgan fingerprint density at radius 1 is 0.266 bits per heavy atom. The lowest BCUT2D eigenvalue weighted by Crippen LogP contribution is -2.04. The van der Waals surface area contributed by atoms with Gasteiger partial charge in [0.25, 0.3) is 0 Å². The van der Waals surface area contributed by atoms with Gasteiger partial charge >= 0.3 is 0 Å². The van der Waals surface area contributed by atoms with Crippen molar-refractivity contribution in [1.82, 2.24) is 28.7 Å². The summed E-state index contributed by atoms with van der Waals surface area (Å²) in [6, 6.07) is 92.9. The quantitative estimate of drug-likeness (QED) is 0.151. The van der Waals surface area contributed by atoms with Crippen molar-refractivity contribution in [3.63, 3.8) is 0 Å². The average molecular weight is 1010 g/mol. The molecule has 0 N–H and O–H groups in total. The molecule has 0 fully saturated rings. The molecular formula is C71H42N8. The Labute approximate surface area is 453 Å². The Balaban J connectivity index is 1.07. The van der Waals surface area contributed by atoms with E-state index in [1.54, 1.807) is 0 Å². The maximum Gasteiger partial charge on any atom is 0.164 e. The van der Waals surface area contributed by atoms with Gasteiger partial charge < -0.3 is 13.7 Å². The Morgan fingerprint density at radius 2 is 0.595 bits per heavy atom. The summed E-state index contributed by atoms with van der Waals surface area (Å²) in [5, 5.41) is 27.1. The molecule has 0 aliphatic rings. The van der Waals surface area contributed by atoms with Gasteiger partial charge in [0.1, 0.15) is 0 Å². The molecule has 8 nitrogen and oxygen atoms in total. The van der Waals surface area contributed by atoms with Crippen LogP contribution < -0.4 is 0 Å². The highest BCUT2D eigenvalue weighted by atomic mass is 15.0. The summed E-state index contributed by atoms with van der Waals surface area (Å²) < 4.78 is 7.16. The van der Waals surface area contributed by atoms with Gasteiger partial charge in [-0.3, -0.25) is 0 Å². The number of nitrogens with zero attached hydrogens (tertiary/aromatic N) is 8. The summed E-state index contributed by atoms with van der Waals surface area (Å²) in [6.45, 7) is 0. The van der Waals surface area contributed by atoms with E-state index >= 15 is 0 Å². The van der Waals surface area contributed by atoms with Gasteiger partial charge in [-0.1, -0.05) is 158 Å². The fraction of sp³-hybridized carbons (Fsp3) is 0.